The molecule has 4 heteroatoms. The Kier molecular flexibility index (Phi) is 4.57. The van der Waals surface area contributed by atoms with Gasteiger partial charge in [-0.2, -0.15) is 0 Å². The van der Waals surface area contributed by atoms with E-state index in [4.69, 9.17) is 0 Å². The van der Waals surface area contributed by atoms with Crippen molar-refractivity contribution in [1.82, 2.24) is 5.32 Å². The van der Waals surface area contributed by atoms with Gasteiger partial charge in [0.05, 0.1) is 0 Å². The fourth-order valence-corrected chi connectivity index (χ4v) is 2.72. The first-order chi connectivity index (χ1) is 11.6. The summed E-state index contributed by atoms with van der Waals surface area (Å²) in [7, 11) is 0. The SMILES string of the molecule is O=C(N[C@@H](Cc1cccc2ccccc12)C(=O)O)c1ccccc1. The molecule has 1 atom stereocenters. The van der Waals surface area contributed by atoms with Crippen molar-refractivity contribution in [2.24, 2.45) is 0 Å². The Labute approximate surface area is 139 Å². The number of aliphatic carboxylic acids is 1. The summed E-state index contributed by atoms with van der Waals surface area (Å²) in [6.07, 6.45) is 0.231. The summed E-state index contributed by atoms with van der Waals surface area (Å²) in [6.45, 7) is 0. The van der Waals surface area contributed by atoms with Gasteiger partial charge in [-0.05, 0) is 28.5 Å². The van der Waals surface area contributed by atoms with Crippen LogP contribution in [0.2, 0.25) is 0 Å². The topological polar surface area (TPSA) is 66.4 Å². The molecule has 0 radical (unpaired) electrons. The van der Waals surface area contributed by atoms with E-state index >= 15 is 0 Å². The van der Waals surface area contributed by atoms with Crippen LogP contribution in [0.5, 0.6) is 0 Å². The molecule has 0 aliphatic carbocycles. The minimum atomic E-state index is -1.05. The summed E-state index contributed by atoms with van der Waals surface area (Å²) in [5, 5.41) is 14.1. The van der Waals surface area contributed by atoms with E-state index in [9.17, 15) is 14.7 Å². The van der Waals surface area contributed by atoms with Gasteiger partial charge in [-0.25, -0.2) is 4.79 Å². The van der Waals surface area contributed by atoms with Crippen molar-refractivity contribution >= 4 is 22.6 Å². The second kappa shape index (κ2) is 6.96. The Hall–Kier alpha value is -3.14. The average Bonchev–Trinajstić information content (AvgIpc) is 2.62. The van der Waals surface area contributed by atoms with Crippen molar-refractivity contribution in [3.63, 3.8) is 0 Å². The molecule has 0 aliphatic heterocycles. The molecule has 120 valence electrons. The summed E-state index contributed by atoms with van der Waals surface area (Å²) in [6, 6.07) is 21.2. The number of fused-ring (bicyclic) bond motifs is 1. The minimum Gasteiger partial charge on any atom is -0.480 e. The van der Waals surface area contributed by atoms with E-state index in [1.54, 1.807) is 24.3 Å². The maximum atomic E-state index is 12.2. The number of benzene rings is 3. The van der Waals surface area contributed by atoms with Gasteiger partial charge in [0, 0.05) is 12.0 Å². The van der Waals surface area contributed by atoms with Crippen LogP contribution in [0.3, 0.4) is 0 Å². The third-order valence-electron chi connectivity index (χ3n) is 3.94. The third kappa shape index (κ3) is 3.43. The molecule has 0 spiro atoms. The molecule has 3 aromatic rings. The molecule has 0 aromatic heterocycles. The van der Waals surface area contributed by atoms with E-state index in [2.05, 4.69) is 5.32 Å². The Morgan fingerprint density at radius 1 is 0.875 bits per heavy atom. The quantitative estimate of drug-likeness (QED) is 0.758. The average molecular weight is 319 g/mol. The molecule has 2 N–H and O–H groups in total. The second-order valence-corrected chi connectivity index (χ2v) is 5.57. The van der Waals surface area contributed by atoms with Crippen LogP contribution in [0.25, 0.3) is 10.8 Å². The highest BCUT2D eigenvalue weighted by atomic mass is 16.4. The zero-order chi connectivity index (χ0) is 16.9. The number of carbonyl (C=O) groups is 2. The molecule has 0 fully saturated rings. The summed E-state index contributed by atoms with van der Waals surface area (Å²) in [5.41, 5.74) is 1.34. The van der Waals surface area contributed by atoms with Gasteiger partial charge in [0.1, 0.15) is 6.04 Å². The van der Waals surface area contributed by atoms with Gasteiger partial charge in [0.15, 0.2) is 0 Å². The van der Waals surface area contributed by atoms with Crippen molar-refractivity contribution in [2.45, 2.75) is 12.5 Å². The number of amides is 1. The molecule has 0 saturated heterocycles. The van der Waals surface area contributed by atoms with Crippen LogP contribution in [0.15, 0.2) is 72.8 Å². The Morgan fingerprint density at radius 2 is 1.54 bits per heavy atom. The van der Waals surface area contributed by atoms with Gasteiger partial charge >= 0.3 is 5.97 Å². The molecule has 1 amide bonds. The highest BCUT2D eigenvalue weighted by Crippen LogP contribution is 2.20. The van der Waals surface area contributed by atoms with Crippen molar-refractivity contribution in [3.8, 4) is 0 Å². The van der Waals surface area contributed by atoms with Crippen LogP contribution in [-0.2, 0) is 11.2 Å². The molecule has 0 bridgehead atoms. The van der Waals surface area contributed by atoms with Crippen LogP contribution in [0.4, 0.5) is 0 Å². The second-order valence-electron chi connectivity index (χ2n) is 5.57. The number of rotatable bonds is 5. The number of carboxylic acid groups (broad SMARTS) is 1. The predicted octanol–water partition coefficient (Wildman–Crippen LogP) is 3.27. The standard InChI is InChI=1S/C20H17NO3/c22-19(15-8-2-1-3-9-15)21-18(20(23)24)13-16-11-6-10-14-7-4-5-12-17(14)16/h1-12,18H,13H2,(H,21,22)(H,23,24)/t18-/m0/s1. The van der Waals surface area contributed by atoms with Gasteiger partial charge in [-0.1, -0.05) is 60.7 Å². The highest BCUT2D eigenvalue weighted by molar-refractivity contribution is 5.96. The maximum Gasteiger partial charge on any atom is 0.326 e. The molecule has 0 saturated carbocycles. The summed E-state index contributed by atoms with van der Waals surface area (Å²) < 4.78 is 0. The van der Waals surface area contributed by atoms with Crippen molar-refractivity contribution in [2.75, 3.05) is 0 Å². The lowest BCUT2D eigenvalue weighted by atomic mass is 9.98. The Morgan fingerprint density at radius 3 is 2.29 bits per heavy atom. The summed E-state index contributed by atoms with van der Waals surface area (Å²) >= 11 is 0. The fourth-order valence-electron chi connectivity index (χ4n) is 2.72. The van der Waals surface area contributed by atoms with E-state index in [1.807, 2.05) is 48.5 Å². The molecular weight excluding hydrogens is 302 g/mol. The van der Waals surface area contributed by atoms with E-state index in [-0.39, 0.29) is 12.3 Å². The molecule has 3 aromatic carbocycles. The number of carboxylic acids is 1. The number of hydrogen-bond donors (Lipinski definition) is 2. The lowest BCUT2D eigenvalue weighted by Crippen LogP contribution is -2.42. The van der Waals surface area contributed by atoms with Crippen LogP contribution in [0, 0.1) is 0 Å². The van der Waals surface area contributed by atoms with Crippen molar-refractivity contribution in [1.29, 1.82) is 0 Å². The first-order valence-electron chi connectivity index (χ1n) is 7.70. The first kappa shape index (κ1) is 15.7. The number of nitrogens with one attached hydrogen (secondary N) is 1. The first-order valence-corrected chi connectivity index (χ1v) is 7.70. The lowest BCUT2D eigenvalue weighted by molar-refractivity contribution is -0.139. The van der Waals surface area contributed by atoms with Crippen molar-refractivity contribution < 1.29 is 14.7 Å². The largest absolute Gasteiger partial charge is 0.480 e. The minimum absolute atomic E-state index is 0.231. The Balaban J connectivity index is 1.84. The summed E-state index contributed by atoms with van der Waals surface area (Å²) in [5.74, 6) is -1.43. The summed E-state index contributed by atoms with van der Waals surface area (Å²) in [4.78, 5) is 23.8. The van der Waals surface area contributed by atoms with Gasteiger partial charge in [-0.3, -0.25) is 4.79 Å². The van der Waals surface area contributed by atoms with Crippen LogP contribution >= 0.6 is 0 Å². The molecule has 0 heterocycles. The van der Waals surface area contributed by atoms with Crippen molar-refractivity contribution in [3.05, 3.63) is 83.9 Å². The van der Waals surface area contributed by atoms with E-state index in [0.29, 0.717) is 5.56 Å². The third-order valence-corrected chi connectivity index (χ3v) is 3.94. The molecule has 3 rings (SSSR count). The van der Waals surface area contributed by atoms with E-state index in [0.717, 1.165) is 16.3 Å². The number of hydrogen-bond acceptors (Lipinski definition) is 2. The molecule has 4 nitrogen and oxygen atoms in total. The van der Waals surface area contributed by atoms with Crippen LogP contribution in [0.1, 0.15) is 15.9 Å². The monoisotopic (exact) mass is 319 g/mol. The van der Waals surface area contributed by atoms with Gasteiger partial charge in [0.2, 0.25) is 0 Å². The Bertz CT molecular complexity index is 869. The molecule has 0 aliphatic rings. The molecule has 0 unspecified atom stereocenters. The fraction of sp³-hybridized carbons (Fsp3) is 0.100. The molecular formula is C20H17NO3. The maximum absolute atomic E-state index is 12.2. The molecule has 24 heavy (non-hydrogen) atoms. The normalized spacial score (nSPS) is 11.8. The predicted molar refractivity (Wildman–Crippen MR) is 93.0 cm³/mol. The van der Waals surface area contributed by atoms with Gasteiger partial charge in [0.25, 0.3) is 5.91 Å². The van der Waals surface area contributed by atoms with Gasteiger partial charge in [-0.15, -0.1) is 0 Å². The lowest BCUT2D eigenvalue weighted by Gasteiger charge is -2.16. The zero-order valence-corrected chi connectivity index (χ0v) is 13.0. The van der Waals surface area contributed by atoms with E-state index in [1.165, 1.54) is 0 Å². The van der Waals surface area contributed by atoms with Gasteiger partial charge < -0.3 is 10.4 Å². The smallest absolute Gasteiger partial charge is 0.326 e. The van der Waals surface area contributed by atoms with E-state index < -0.39 is 12.0 Å². The number of carbonyl (C=O) groups excluding carboxylic acids is 1. The highest BCUT2D eigenvalue weighted by Gasteiger charge is 2.21. The van der Waals surface area contributed by atoms with Crippen LogP contribution in [-0.4, -0.2) is 23.0 Å². The zero-order valence-electron chi connectivity index (χ0n) is 13.0. The van der Waals surface area contributed by atoms with Crippen LogP contribution < -0.4 is 5.32 Å².